The topological polar surface area (TPSA) is 23.9 Å². The van der Waals surface area contributed by atoms with Crippen LogP contribution in [0.1, 0.15) is 73.8 Å². The van der Waals surface area contributed by atoms with Crippen molar-refractivity contribution in [3.8, 4) is 0 Å². The first-order chi connectivity index (χ1) is 9.65. The van der Waals surface area contributed by atoms with Crippen molar-refractivity contribution in [3.63, 3.8) is 0 Å². The van der Waals surface area contributed by atoms with Crippen LogP contribution in [0.25, 0.3) is 6.08 Å². The molecule has 106 valence electrons. The molecule has 3 rings (SSSR count). The Kier molecular flexibility index (Phi) is 3.54. The molecule has 1 N–H and O–H groups in total. The van der Waals surface area contributed by atoms with Gasteiger partial charge in [0.2, 0.25) is 0 Å². The molecule has 0 saturated heterocycles. The highest BCUT2D eigenvalue weighted by molar-refractivity contribution is 5.88. The Hall–Kier alpha value is -1.37. The molecule has 1 aromatic rings. The molecule has 2 aliphatic carbocycles. The van der Waals surface area contributed by atoms with E-state index in [0.29, 0.717) is 5.92 Å². The predicted molar refractivity (Wildman–Crippen MR) is 86.8 cm³/mol. The van der Waals surface area contributed by atoms with Gasteiger partial charge in [-0.15, -0.1) is 0 Å². The van der Waals surface area contributed by atoms with Gasteiger partial charge in [0.05, 0.1) is 0 Å². The van der Waals surface area contributed by atoms with Gasteiger partial charge in [0.1, 0.15) is 0 Å². The maximum Gasteiger partial charge on any atom is 0.0259 e. The van der Waals surface area contributed by atoms with E-state index in [-0.39, 0.29) is 0 Å². The van der Waals surface area contributed by atoms with Crippen molar-refractivity contribution in [1.29, 1.82) is 5.41 Å². The summed E-state index contributed by atoms with van der Waals surface area (Å²) in [6.07, 6.45) is 10.2. The van der Waals surface area contributed by atoms with E-state index in [9.17, 15) is 0 Å². The van der Waals surface area contributed by atoms with Crippen LogP contribution in [0.15, 0.2) is 11.6 Å². The fourth-order valence-electron chi connectivity index (χ4n) is 3.66. The summed E-state index contributed by atoms with van der Waals surface area (Å²) in [4.78, 5) is 0. The van der Waals surface area contributed by atoms with Crippen LogP contribution in [-0.4, -0.2) is 6.21 Å². The molecule has 1 atom stereocenters. The predicted octanol–water partition coefficient (Wildman–Crippen LogP) is 5.11. The van der Waals surface area contributed by atoms with Gasteiger partial charge in [-0.25, -0.2) is 0 Å². The molecule has 1 saturated carbocycles. The largest absolute Gasteiger partial charge is 0.308 e. The van der Waals surface area contributed by atoms with Gasteiger partial charge in [-0.3, -0.25) is 0 Å². The lowest BCUT2D eigenvalue weighted by Gasteiger charge is -2.17. The van der Waals surface area contributed by atoms with Gasteiger partial charge in [0, 0.05) is 11.8 Å². The molecule has 2 aliphatic rings. The van der Waals surface area contributed by atoms with E-state index in [1.54, 1.807) is 6.21 Å². The zero-order valence-corrected chi connectivity index (χ0v) is 12.9. The molecule has 1 aromatic carbocycles. The second kappa shape index (κ2) is 5.20. The highest BCUT2D eigenvalue weighted by Crippen LogP contribution is 2.41. The van der Waals surface area contributed by atoms with E-state index in [1.807, 2.05) is 0 Å². The fraction of sp³-hybridized carbons (Fsp3) is 0.526. The van der Waals surface area contributed by atoms with E-state index in [1.165, 1.54) is 59.1 Å². The van der Waals surface area contributed by atoms with Gasteiger partial charge in [0.25, 0.3) is 0 Å². The summed E-state index contributed by atoms with van der Waals surface area (Å²) in [6, 6.07) is 2.41. The average molecular weight is 267 g/mol. The minimum absolute atomic E-state index is 0.612. The third-order valence-corrected chi connectivity index (χ3v) is 5.08. The number of hydrogen-bond acceptors (Lipinski definition) is 1. The summed E-state index contributed by atoms with van der Waals surface area (Å²) < 4.78 is 0. The van der Waals surface area contributed by atoms with Gasteiger partial charge in [-0.1, -0.05) is 31.6 Å². The lowest BCUT2D eigenvalue weighted by Crippen LogP contribution is -2.03. The summed E-state index contributed by atoms with van der Waals surface area (Å²) in [6.45, 7) is 6.81. The van der Waals surface area contributed by atoms with Gasteiger partial charge in [0.15, 0.2) is 0 Å². The molecule has 0 aromatic heterocycles. The van der Waals surface area contributed by atoms with Gasteiger partial charge in [-0.05, 0) is 73.1 Å². The number of aryl methyl sites for hydroxylation is 2. The standard InChI is InChI=1S/C19H25N/c1-4-14-10-16-6-5-12(2)19(16)18(11-20)17(14)9-13(3)15-7-8-15/h9-12,15,20H,4-8H2,1-3H3/b13-9+,20-11?/t12-/m1/s1. The Balaban J connectivity index is 2.18. The number of allylic oxidation sites excluding steroid dienone is 1. The molecule has 0 spiro atoms. The summed E-state index contributed by atoms with van der Waals surface area (Å²) in [5.74, 6) is 1.42. The van der Waals surface area contributed by atoms with E-state index >= 15 is 0 Å². The molecule has 0 bridgehead atoms. The Morgan fingerprint density at radius 1 is 1.30 bits per heavy atom. The second-order valence-corrected chi connectivity index (χ2v) is 6.54. The summed E-state index contributed by atoms with van der Waals surface area (Å²) in [5.41, 5.74) is 8.41. The van der Waals surface area contributed by atoms with Crippen LogP contribution < -0.4 is 0 Å². The van der Waals surface area contributed by atoms with E-state index in [2.05, 4.69) is 32.9 Å². The van der Waals surface area contributed by atoms with Crippen LogP contribution >= 0.6 is 0 Å². The molecule has 1 nitrogen and oxygen atoms in total. The number of rotatable bonds is 4. The Morgan fingerprint density at radius 3 is 2.65 bits per heavy atom. The summed E-state index contributed by atoms with van der Waals surface area (Å²) in [7, 11) is 0. The second-order valence-electron chi connectivity index (χ2n) is 6.54. The minimum Gasteiger partial charge on any atom is -0.308 e. The van der Waals surface area contributed by atoms with Crippen LogP contribution in [0.4, 0.5) is 0 Å². The molecule has 1 fully saturated rings. The lowest BCUT2D eigenvalue weighted by atomic mass is 9.88. The number of hydrogen-bond donors (Lipinski definition) is 1. The molecule has 20 heavy (non-hydrogen) atoms. The Bertz CT molecular complexity index is 576. The Labute approximate surface area is 122 Å². The number of benzene rings is 1. The van der Waals surface area contributed by atoms with E-state index in [0.717, 1.165) is 12.3 Å². The van der Waals surface area contributed by atoms with Gasteiger partial charge < -0.3 is 5.41 Å². The van der Waals surface area contributed by atoms with Gasteiger partial charge in [-0.2, -0.15) is 0 Å². The van der Waals surface area contributed by atoms with Crippen molar-refractivity contribution < 1.29 is 0 Å². The van der Waals surface area contributed by atoms with Crippen molar-refractivity contribution in [2.45, 2.75) is 58.8 Å². The zero-order valence-electron chi connectivity index (χ0n) is 12.9. The highest BCUT2D eigenvalue weighted by Gasteiger charge is 2.26. The molecule has 0 radical (unpaired) electrons. The smallest absolute Gasteiger partial charge is 0.0259 e. The first-order valence-corrected chi connectivity index (χ1v) is 8.03. The molecular formula is C19H25N. The molecule has 0 amide bonds. The van der Waals surface area contributed by atoms with Crippen molar-refractivity contribution in [3.05, 3.63) is 39.5 Å². The molecular weight excluding hydrogens is 242 g/mol. The SMILES string of the molecule is CCc1cc2c(c(C=N)c1/C=C(\C)C1CC1)[C@H](C)CC2. The third-order valence-electron chi connectivity index (χ3n) is 5.08. The van der Waals surface area contributed by atoms with Crippen LogP contribution in [0.3, 0.4) is 0 Å². The molecule has 0 heterocycles. The number of fused-ring (bicyclic) bond motifs is 1. The van der Waals surface area contributed by atoms with Crippen molar-refractivity contribution >= 4 is 12.3 Å². The van der Waals surface area contributed by atoms with Crippen LogP contribution in [-0.2, 0) is 12.8 Å². The fourth-order valence-corrected chi connectivity index (χ4v) is 3.66. The van der Waals surface area contributed by atoms with Crippen LogP contribution in [0.5, 0.6) is 0 Å². The summed E-state index contributed by atoms with van der Waals surface area (Å²) in [5, 5.41) is 7.93. The highest BCUT2D eigenvalue weighted by atomic mass is 14.4. The first-order valence-electron chi connectivity index (χ1n) is 8.03. The quantitative estimate of drug-likeness (QED) is 0.733. The maximum atomic E-state index is 7.93. The van der Waals surface area contributed by atoms with Crippen molar-refractivity contribution in [1.82, 2.24) is 0 Å². The summed E-state index contributed by atoms with van der Waals surface area (Å²) >= 11 is 0. The Morgan fingerprint density at radius 2 is 2.05 bits per heavy atom. The average Bonchev–Trinajstić information content (AvgIpc) is 3.23. The van der Waals surface area contributed by atoms with Gasteiger partial charge >= 0.3 is 0 Å². The molecule has 1 heteroatoms. The van der Waals surface area contributed by atoms with Crippen LogP contribution in [0, 0.1) is 11.3 Å². The molecule has 0 aliphatic heterocycles. The first kappa shape index (κ1) is 13.6. The lowest BCUT2D eigenvalue weighted by molar-refractivity contribution is 0.746. The molecule has 0 unspecified atom stereocenters. The number of nitrogens with one attached hydrogen (secondary N) is 1. The zero-order chi connectivity index (χ0) is 14.3. The van der Waals surface area contributed by atoms with Crippen LogP contribution in [0.2, 0.25) is 0 Å². The van der Waals surface area contributed by atoms with E-state index in [4.69, 9.17) is 5.41 Å². The monoisotopic (exact) mass is 267 g/mol. The van der Waals surface area contributed by atoms with Crippen molar-refractivity contribution in [2.75, 3.05) is 0 Å². The van der Waals surface area contributed by atoms with E-state index < -0.39 is 0 Å². The normalized spacial score (nSPS) is 21.9. The minimum atomic E-state index is 0.612. The third kappa shape index (κ3) is 2.24. The van der Waals surface area contributed by atoms with Crippen molar-refractivity contribution in [2.24, 2.45) is 5.92 Å². The maximum absolute atomic E-state index is 7.93.